The molecule has 0 aromatic rings. The van der Waals surface area contributed by atoms with E-state index in [1.807, 2.05) is 13.8 Å². The average molecular weight is 233 g/mol. The number of hydrogen-bond acceptors (Lipinski definition) is 4. The van der Waals surface area contributed by atoms with Crippen molar-refractivity contribution >= 4 is 11.9 Å². The fourth-order valence-corrected chi connectivity index (χ4v) is 1.39. The number of nitrogens with zero attached hydrogens (tertiary/aromatic N) is 1. The largest absolute Gasteiger partial charge is 0.480 e. The lowest BCUT2D eigenvalue weighted by atomic mass is 10.0. The van der Waals surface area contributed by atoms with Crippen molar-refractivity contribution in [1.82, 2.24) is 4.90 Å². The Hall–Kier alpha value is -1.14. The van der Waals surface area contributed by atoms with Gasteiger partial charge in [-0.25, -0.2) is 4.79 Å². The number of hydrogen-bond donors (Lipinski definition) is 3. The lowest BCUT2D eigenvalue weighted by molar-refractivity contribution is -0.151. The zero-order valence-corrected chi connectivity index (χ0v) is 9.75. The van der Waals surface area contributed by atoms with Crippen LogP contribution in [-0.4, -0.2) is 57.9 Å². The summed E-state index contributed by atoms with van der Waals surface area (Å²) in [4.78, 5) is 22.7. The quantitative estimate of drug-likeness (QED) is 0.566. The van der Waals surface area contributed by atoms with Gasteiger partial charge in [0.2, 0.25) is 0 Å². The van der Waals surface area contributed by atoms with Crippen molar-refractivity contribution in [2.45, 2.75) is 32.4 Å². The van der Waals surface area contributed by atoms with Crippen LogP contribution in [0, 0.1) is 5.92 Å². The molecular formula is C10H19NO5. The predicted molar refractivity (Wildman–Crippen MR) is 57.2 cm³/mol. The second-order valence-electron chi connectivity index (χ2n) is 4.28. The third-order valence-electron chi connectivity index (χ3n) is 2.26. The van der Waals surface area contributed by atoms with Crippen LogP contribution in [0.25, 0.3) is 0 Å². The molecule has 1 unspecified atom stereocenters. The molecule has 0 aliphatic carbocycles. The number of carboxylic acid groups (broad SMARTS) is 2. The van der Waals surface area contributed by atoms with Crippen molar-refractivity contribution in [3.05, 3.63) is 0 Å². The summed E-state index contributed by atoms with van der Waals surface area (Å²) in [7, 11) is 1.49. The molecule has 0 rings (SSSR count). The van der Waals surface area contributed by atoms with Gasteiger partial charge in [-0.05, 0) is 19.4 Å². The molecule has 0 aromatic carbocycles. The highest BCUT2D eigenvalue weighted by atomic mass is 16.4. The molecule has 0 heterocycles. The Labute approximate surface area is 94.5 Å². The van der Waals surface area contributed by atoms with E-state index in [0.29, 0.717) is 6.42 Å². The number of carboxylic acids is 2. The van der Waals surface area contributed by atoms with Gasteiger partial charge in [0.25, 0.3) is 0 Å². The zero-order chi connectivity index (χ0) is 12.9. The monoisotopic (exact) mass is 233 g/mol. The molecule has 16 heavy (non-hydrogen) atoms. The van der Waals surface area contributed by atoms with Crippen LogP contribution in [-0.2, 0) is 9.59 Å². The molecule has 6 heteroatoms. The topological polar surface area (TPSA) is 98.1 Å². The Morgan fingerprint density at radius 2 is 1.69 bits per heavy atom. The van der Waals surface area contributed by atoms with Crippen LogP contribution < -0.4 is 0 Å². The molecule has 0 aromatic heterocycles. The average Bonchev–Trinajstić information content (AvgIpc) is 2.12. The molecule has 3 N–H and O–H groups in total. The van der Waals surface area contributed by atoms with Crippen molar-refractivity contribution in [3.63, 3.8) is 0 Å². The van der Waals surface area contributed by atoms with Gasteiger partial charge in [-0.15, -0.1) is 0 Å². The standard InChI is InChI=1S/C10H19NO5/c1-6(2)4-7(9(13)14)11(3)5-8(12)10(15)16/h6-8,12H,4-5H2,1-3H3,(H,13,14)(H,15,16)/t7-,8?/m0/s1. The van der Waals surface area contributed by atoms with Gasteiger partial charge in [0, 0.05) is 6.54 Å². The first-order valence-electron chi connectivity index (χ1n) is 5.09. The highest BCUT2D eigenvalue weighted by Crippen LogP contribution is 2.11. The Kier molecular flexibility index (Phi) is 5.98. The zero-order valence-electron chi connectivity index (χ0n) is 9.75. The first-order chi connectivity index (χ1) is 7.25. The summed E-state index contributed by atoms with van der Waals surface area (Å²) >= 11 is 0. The first kappa shape index (κ1) is 14.9. The molecule has 0 fully saturated rings. The molecule has 0 amide bonds. The Balaban J connectivity index is 4.44. The van der Waals surface area contributed by atoms with E-state index in [0.717, 1.165) is 0 Å². The van der Waals surface area contributed by atoms with Crippen LogP contribution in [0.5, 0.6) is 0 Å². The molecular weight excluding hydrogens is 214 g/mol. The highest BCUT2D eigenvalue weighted by Gasteiger charge is 2.26. The molecule has 0 radical (unpaired) electrons. The van der Waals surface area contributed by atoms with E-state index in [9.17, 15) is 9.59 Å². The maximum absolute atomic E-state index is 11.0. The number of likely N-dealkylation sites (N-methyl/N-ethyl adjacent to an activating group) is 1. The maximum atomic E-state index is 11.0. The van der Waals surface area contributed by atoms with Gasteiger partial charge >= 0.3 is 11.9 Å². The summed E-state index contributed by atoms with van der Waals surface area (Å²) in [6.45, 7) is 3.58. The Morgan fingerprint density at radius 3 is 2.00 bits per heavy atom. The van der Waals surface area contributed by atoms with Crippen LogP contribution in [0.3, 0.4) is 0 Å². The van der Waals surface area contributed by atoms with E-state index in [-0.39, 0.29) is 12.5 Å². The molecule has 0 saturated carbocycles. The summed E-state index contributed by atoms with van der Waals surface area (Å²) in [6.07, 6.45) is -1.14. The molecule has 6 nitrogen and oxygen atoms in total. The smallest absolute Gasteiger partial charge is 0.333 e. The number of aliphatic hydroxyl groups is 1. The normalized spacial score (nSPS) is 15.1. The van der Waals surface area contributed by atoms with Crippen LogP contribution >= 0.6 is 0 Å². The molecule has 0 aliphatic rings. The lowest BCUT2D eigenvalue weighted by Gasteiger charge is -2.26. The van der Waals surface area contributed by atoms with E-state index >= 15 is 0 Å². The van der Waals surface area contributed by atoms with E-state index in [1.54, 1.807) is 0 Å². The Bertz CT molecular complexity index is 254. The van der Waals surface area contributed by atoms with Gasteiger partial charge in [0.15, 0.2) is 6.10 Å². The van der Waals surface area contributed by atoms with Crippen molar-refractivity contribution in [1.29, 1.82) is 0 Å². The molecule has 0 spiro atoms. The SMILES string of the molecule is CC(C)C[C@@H](C(=O)O)N(C)CC(O)C(=O)O. The molecule has 0 aliphatic heterocycles. The highest BCUT2D eigenvalue weighted by molar-refractivity contribution is 5.74. The minimum Gasteiger partial charge on any atom is -0.480 e. The van der Waals surface area contributed by atoms with Crippen molar-refractivity contribution < 1.29 is 24.9 Å². The summed E-state index contributed by atoms with van der Waals surface area (Å²) in [5.74, 6) is -2.17. The molecule has 0 bridgehead atoms. The fourth-order valence-electron chi connectivity index (χ4n) is 1.39. The molecule has 94 valence electrons. The number of carbonyl (C=O) groups is 2. The second kappa shape index (κ2) is 6.44. The fraction of sp³-hybridized carbons (Fsp3) is 0.800. The summed E-state index contributed by atoms with van der Waals surface area (Å²) < 4.78 is 0. The third kappa shape index (κ3) is 5.09. The van der Waals surface area contributed by atoms with Crippen LogP contribution in [0.15, 0.2) is 0 Å². The number of aliphatic hydroxyl groups excluding tert-OH is 1. The van der Waals surface area contributed by atoms with Gasteiger partial charge in [0.05, 0.1) is 0 Å². The summed E-state index contributed by atoms with van der Waals surface area (Å²) in [6, 6.07) is -0.769. The maximum Gasteiger partial charge on any atom is 0.333 e. The molecule has 2 atom stereocenters. The van der Waals surface area contributed by atoms with E-state index in [2.05, 4.69) is 0 Å². The van der Waals surface area contributed by atoms with Gasteiger partial charge in [-0.3, -0.25) is 9.69 Å². The van der Waals surface area contributed by atoms with Gasteiger partial charge in [-0.2, -0.15) is 0 Å². The van der Waals surface area contributed by atoms with Crippen LogP contribution in [0.4, 0.5) is 0 Å². The first-order valence-corrected chi connectivity index (χ1v) is 5.09. The number of aliphatic carboxylic acids is 2. The van der Waals surface area contributed by atoms with Crippen LogP contribution in [0.1, 0.15) is 20.3 Å². The second-order valence-corrected chi connectivity index (χ2v) is 4.28. The lowest BCUT2D eigenvalue weighted by Crippen LogP contribution is -2.45. The summed E-state index contributed by atoms with van der Waals surface area (Å²) in [5.41, 5.74) is 0. The number of rotatable bonds is 7. The van der Waals surface area contributed by atoms with Crippen molar-refractivity contribution in [2.24, 2.45) is 5.92 Å². The van der Waals surface area contributed by atoms with E-state index in [1.165, 1.54) is 11.9 Å². The molecule has 0 saturated heterocycles. The summed E-state index contributed by atoms with van der Waals surface area (Å²) in [5, 5.41) is 26.6. The van der Waals surface area contributed by atoms with Crippen molar-refractivity contribution in [3.8, 4) is 0 Å². The minimum absolute atomic E-state index is 0.186. The van der Waals surface area contributed by atoms with E-state index < -0.39 is 24.1 Å². The minimum atomic E-state index is -1.56. The predicted octanol–water partition coefficient (Wildman–Crippen LogP) is -0.137. The van der Waals surface area contributed by atoms with Crippen molar-refractivity contribution in [2.75, 3.05) is 13.6 Å². The third-order valence-corrected chi connectivity index (χ3v) is 2.26. The van der Waals surface area contributed by atoms with Gasteiger partial charge < -0.3 is 15.3 Å². The van der Waals surface area contributed by atoms with Gasteiger partial charge in [-0.1, -0.05) is 13.8 Å². The van der Waals surface area contributed by atoms with Gasteiger partial charge in [0.1, 0.15) is 6.04 Å². The Morgan fingerprint density at radius 1 is 1.19 bits per heavy atom. The van der Waals surface area contributed by atoms with E-state index in [4.69, 9.17) is 15.3 Å². The van der Waals surface area contributed by atoms with Crippen LogP contribution in [0.2, 0.25) is 0 Å².